The summed E-state index contributed by atoms with van der Waals surface area (Å²) in [5, 5.41) is 0. The molecule has 4 aliphatic rings. The van der Waals surface area contributed by atoms with E-state index in [2.05, 4.69) is 164 Å². The van der Waals surface area contributed by atoms with Crippen LogP contribution in [0.4, 0.5) is 17.1 Å². The fourth-order valence-corrected chi connectivity index (χ4v) is 17.4. The predicted octanol–water partition coefficient (Wildman–Crippen LogP) is 9.18. The minimum absolute atomic E-state index is 0.428. The molecule has 3 aliphatic heterocycles. The van der Waals surface area contributed by atoms with E-state index in [1.807, 2.05) is 0 Å². The van der Waals surface area contributed by atoms with E-state index in [9.17, 15) is 0 Å². The topological polar surface area (TPSA) is 21.7 Å². The third kappa shape index (κ3) is 3.49. The summed E-state index contributed by atoms with van der Waals surface area (Å²) in [6.07, 6.45) is 0. The van der Waals surface area contributed by atoms with Crippen LogP contribution >= 0.6 is 0 Å². The van der Waals surface area contributed by atoms with Crippen molar-refractivity contribution in [2.24, 2.45) is 0 Å². The van der Waals surface area contributed by atoms with Crippen LogP contribution < -0.4 is 24.9 Å². The van der Waals surface area contributed by atoms with Crippen LogP contribution in [0.25, 0.3) is 11.1 Å². The summed E-state index contributed by atoms with van der Waals surface area (Å²) in [4.78, 5) is 2.48. The van der Waals surface area contributed by atoms with Crippen LogP contribution in [-0.2, 0) is 5.41 Å². The van der Waals surface area contributed by atoms with Crippen LogP contribution in [0, 0.1) is 13.8 Å². The molecule has 3 heterocycles. The average Bonchev–Trinajstić information content (AvgIpc) is 3.45. The van der Waals surface area contributed by atoms with Crippen molar-refractivity contribution in [1.29, 1.82) is 0 Å². The van der Waals surface area contributed by atoms with E-state index < -0.39 is 25.6 Å². The monoisotopic (exact) mass is 737 g/mol. The molecule has 7 aromatic carbocycles. The van der Waals surface area contributed by atoms with Gasteiger partial charge in [0.1, 0.15) is 0 Å². The summed E-state index contributed by atoms with van der Waals surface area (Å²) in [6.45, 7) is 4.36. The van der Waals surface area contributed by atoms with Crippen molar-refractivity contribution in [2.75, 3.05) is 4.90 Å². The van der Waals surface area contributed by atoms with E-state index in [1.165, 1.54) is 66.4 Å². The molecule has 7 aromatic rings. The van der Waals surface area contributed by atoms with Gasteiger partial charge in [-0.2, -0.15) is 0 Å². The van der Waals surface area contributed by atoms with Crippen LogP contribution in [0.3, 0.4) is 0 Å². The van der Waals surface area contributed by atoms with E-state index >= 15 is 0 Å². The molecule has 0 aromatic heterocycles. The standard InChI is InChI=1S/C45H30NO2.Sb/c1-30-20-22-35-27-43(30)47-37-16-11-17-38(29-37)48-44-28-36(23-21-31(44)2)46(35)34-24-25-42-40(26-34)39-18-9-10-19-41(39)45(42,32-12-5-3-6-13-32)33-14-7-4-8-15-33;/h3-26H,1-2H3;. The molecule has 0 fully saturated rings. The van der Waals surface area contributed by atoms with Gasteiger partial charge >= 0.3 is 295 Å². The zero-order valence-corrected chi connectivity index (χ0v) is 29.6. The van der Waals surface area contributed by atoms with Gasteiger partial charge in [-0.05, 0) is 0 Å². The molecule has 0 amide bonds. The zero-order valence-electron chi connectivity index (χ0n) is 27.1. The third-order valence-electron chi connectivity index (χ3n) is 10.9. The van der Waals surface area contributed by atoms with Crippen LogP contribution in [0.2, 0.25) is 0 Å². The Kier molecular flexibility index (Phi) is 5.60. The third-order valence-corrected chi connectivity index (χ3v) is 18.4. The second-order valence-electron chi connectivity index (χ2n) is 13.4. The van der Waals surface area contributed by atoms with Crippen molar-refractivity contribution in [3.63, 3.8) is 0 Å². The first-order valence-corrected chi connectivity index (χ1v) is 20.7. The second-order valence-corrected chi connectivity index (χ2v) is 19.1. The summed E-state index contributed by atoms with van der Waals surface area (Å²) >= 11 is -2.53. The minimum atomic E-state index is -2.53. The van der Waals surface area contributed by atoms with E-state index in [4.69, 9.17) is 9.47 Å². The Morgan fingerprint density at radius 2 is 1.04 bits per heavy atom. The number of nitrogens with zero attached hydrogens (tertiary/aromatic N) is 1. The SMILES string of the molecule is Cc1ccc2[c]3c1Oc1cccc4[c]1[Sb]3[c]1c(ccc(C)c1O4)N2c1ccc2c(c1)-c1ccccc1C2(c1ccccc1)c1ccccc1. The van der Waals surface area contributed by atoms with Gasteiger partial charge in [-0.15, -0.1) is 0 Å². The Bertz CT molecular complexity index is 2420. The maximum atomic E-state index is 6.78. The van der Waals surface area contributed by atoms with Crippen LogP contribution in [0.5, 0.6) is 23.0 Å². The average molecular weight is 739 g/mol. The molecule has 0 saturated carbocycles. The van der Waals surface area contributed by atoms with E-state index in [0.717, 1.165) is 28.7 Å². The summed E-state index contributed by atoms with van der Waals surface area (Å²) in [5.41, 5.74) is 13.3. The van der Waals surface area contributed by atoms with E-state index in [-0.39, 0.29) is 0 Å². The number of aryl methyl sites for hydroxylation is 2. The molecule has 0 radical (unpaired) electrons. The molecule has 49 heavy (non-hydrogen) atoms. The van der Waals surface area contributed by atoms with Gasteiger partial charge in [0.25, 0.3) is 0 Å². The molecule has 0 unspecified atom stereocenters. The summed E-state index contributed by atoms with van der Waals surface area (Å²) < 4.78 is 17.7. The first-order chi connectivity index (χ1) is 24.1. The van der Waals surface area contributed by atoms with Gasteiger partial charge < -0.3 is 0 Å². The number of benzene rings is 7. The normalized spacial score (nSPS) is 15.1. The summed E-state index contributed by atoms with van der Waals surface area (Å²) in [7, 11) is 0. The number of hydrogen-bond acceptors (Lipinski definition) is 3. The molecular formula is C45H30NO2Sb. The molecule has 11 rings (SSSR count). The fraction of sp³-hybridized carbons (Fsp3) is 0.0667. The van der Waals surface area contributed by atoms with Gasteiger partial charge in [0.05, 0.1) is 0 Å². The maximum absolute atomic E-state index is 6.78. The molecular weight excluding hydrogens is 708 g/mol. The molecule has 232 valence electrons. The number of rotatable bonds is 3. The van der Waals surface area contributed by atoms with Gasteiger partial charge in [0.2, 0.25) is 0 Å². The number of fused-ring (bicyclic) bond motifs is 3. The van der Waals surface area contributed by atoms with E-state index in [0.29, 0.717) is 0 Å². The van der Waals surface area contributed by atoms with Crippen molar-refractivity contribution in [2.45, 2.75) is 19.3 Å². The zero-order chi connectivity index (χ0) is 32.4. The van der Waals surface area contributed by atoms with Gasteiger partial charge in [-0.3, -0.25) is 0 Å². The number of ether oxygens (including phenoxy) is 2. The molecule has 0 N–H and O–H groups in total. The molecule has 0 atom stereocenters. The molecule has 1 aliphatic carbocycles. The first-order valence-electron chi connectivity index (χ1n) is 16.9. The number of anilines is 3. The number of hydrogen-bond donors (Lipinski definition) is 0. The summed E-state index contributed by atoms with van der Waals surface area (Å²) in [6, 6.07) is 53.6. The fourth-order valence-electron chi connectivity index (χ4n) is 8.80. The Morgan fingerprint density at radius 3 is 1.65 bits per heavy atom. The van der Waals surface area contributed by atoms with Gasteiger partial charge in [0, 0.05) is 0 Å². The van der Waals surface area contributed by atoms with Crippen molar-refractivity contribution in [1.82, 2.24) is 0 Å². The van der Waals surface area contributed by atoms with Gasteiger partial charge in [-0.25, -0.2) is 0 Å². The Morgan fingerprint density at radius 1 is 0.490 bits per heavy atom. The second kappa shape index (κ2) is 9.91. The molecule has 0 saturated heterocycles. The summed E-state index contributed by atoms with van der Waals surface area (Å²) in [5.74, 6) is 4.00. The quantitative estimate of drug-likeness (QED) is 0.169. The van der Waals surface area contributed by atoms with Gasteiger partial charge in [-0.1, -0.05) is 0 Å². The van der Waals surface area contributed by atoms with E-state index in [1.54, 1.807) is 0 Å². The van der Waals surface area contributed by atoms with Crippen LogP contribution in [0.15, 0.2) is 146 Å². The molecule has 0 spiro atoms. The first kappa shape index (κ1) is 27.7. The van der Waals surface area contributed by atoms with Crippen molar-refractivity contribution >= 4 is 47.8 Å². The van der Waals surface area contributed by atoms with Crippen molar-refractivity contribution < 1.29 is 9.47 Å². The van der Waals surface area contributed by atoms with Crippen molar-refractivity contribution in [3.05, 3.63) is 179 Å². The molecule has 0 bridgehead atoms. The Balaban J connectivity index is 1.20. The van der Waals surface area contributed by atoms with Crippen molar-refractivity contribution in [3.8, 4) is 34.1 Å². The molecule has 3 nitrogen and oxygen atoms in total. The van der Waals surface area contributed by atoms with Crippen LogP contribution in [0.1, 0.15) is 33.4 Å². The Labute approximate surface area is 293 Å². The Hall–Kier alpha value is -5.24. The molecule has 4 heteroatoms. The van der Waals surface area contributed by atoms with Crippen LogP contribution in [-0.4, -0.2) is 20.2 Å². The van der Waals surface area contributed by atoms with Gasteiger partial charge in [0.15, 0.2) is 0 Å². The predicted molar refractivity (Wildman–Crippen MR) is 199 cm³/mol.